The minimum atomic E-state index is -0.702. The van der Waals surface area contributed by atoms with Gasteiger partial charge in [-0.3, -0.25) is 14.5 Å². The van der Waals surface area contributed by atoms with Gasteiger partial charge in [-0.25, -0.2) is 4.79 Å². The molecule has 8 heteroatoms. The molecule has 2 N–H and O–H groups in total. The molecule has 32 heavy (non-hydrogen) atoms. The van der Waals surface area contributed by atoms with Crippen molar-refractivity contribution in [3.8, 4) is 11.8 Å². The van der Waals surface area contributed by atoms with E-state index in [1.54, 1.807) is 0 Å². The molecular weight excluding hydrogens is 428 g/mol. The van der Waals surface area contributed by atoms with Gasteiger partial charge in [0.1, 0.15) is 23.7 Å². The number of carbonyl (C=O) groups is 3. The molecule has 2 aliphatic heterocycles. The number of thioether (sulfide) groups is 1. The molecule has 0 unspecified atom stereocenters. The Morgan fingerprint density at radius 3 is 2.38 bits per heavy atom. The normalized spacial score (nSPS) is 19.4. The highest BCUT2D eigenvalue weighted by Crippen LogP contribution is 2.41. The van der Waals surface area contributed by atoms with Crippen molar-refractivity contribution in [2.24, 2.45) is 0 Å². The minimum absolute atomic E-state index is 0.0560. The van der Waals surface area contributed by atoms with E-state index in [-0.39, 0.29) is 12.3 Å². The average Bonchev–Trinajstić information content (AvgIpc) is 2.84. The number of ether oxygens (including phenoxy) is 1. The van der Waals surface area contributed by atoms with Crippen LogP contribution in [0, 0.1) is 11.8 Å². The molecule has 2 aliphatic rings. The number of hydrogen-bond acceptors (Lipinski definition) is 6. The molecule has 0 aromatic heterocycles. The van der Waals surface area contributed by atoms with E-state index in [2.05, 4.69) is 17.2 Å². The molecule has 0 bridgehead atoms. The summed E-state index contributed by atoms with van der Waals surface area (Å²) in [5.74, 6) is 4.59. The van der Waals surface area contributed by atoms with Crippen LogP contribution in [-0.4, -0.2) is 52.1 Å². The molecule has 2 atom stereocenters. The van der Waals surface area contributed by atoms with Gasteiger partial charge in [-0.15, -0.1) is 11.8 Å². The second kappa shape index (κ2) is 9.73. The van der Waals surface area contributed by atoms with Crippen molar-refractivity contribution in [2.75, 3.05) is 12.4 Å². The molecular formula is C24H20N2O5S. The molecule has 162 valence electrons. The van der Waals surface area contributed by atoms with Crippen LogP contribution >= 0.6 is 11.8 Å². The predicted molar refractivity (Wildman–Crippen MR) is 119 cm³/mol. The summed E-state index contributed by atoms with van der Waals surface area (Å²) in [4.78, 5) is 38.3. The van der Waals surface area contributed by atoms with E-state index < -0.39 is 29.4 Å². The molecule has 2 amide bonds. The highest BCUT2D eigenvalue weighted by atomic mass is 32.2. The highest BCUT2D eigenvalue weighted by Gasteiger charge is 2.54. The van der Waals surface area contributed by atoms with E-state index in [1.807, 2.05) is 60.7 Å². The highest BCUT2D eigenvalue weighted by molar-refractivity contribution is 8.00. The topological polar surface area (TPSA) is 95.9 Å². The van der Waals surface area contributed by atoms with Gasteiger partial charge in [0.2, 0.25) is 6.41 Å². The van der Waals surface area contributed by atoms with Crippen LogP contribution in [-0.2, 0) is 19.1 Å². The summed E-state index contributed by atoms with van der Waals surface area (Å²) in [5.41, 5.74) is 2.03. The van der Waals surface area contributed by atoms with Crippen LogP contribution in [0.25, 0.3) is 0 Å². The first-order valence-corrected chi connectivity index (χ1v) is 11.0. The third-order valence-corrected chi connectivity index (χ3v) is 6.44. The van der Waals surface area contributed by atoms with Crippen LogP contribution < -0.4 is 5.32 Å². The molecule has 2 aromatic rings. The van der Waals surface area contributed by atoms with Crippen LogP contribution in [0.15, 0.2) is 71.9 Å². The van der Waals surface area contributed by atoms with Crippen molar-refractivity contribution < 1.29 is 24.2 Å². The van der Waals surface area contributed by atoms with Crippen LogP contribution in [0.2, 0.25) is 0 Å². The summed E-state index contributed by atoms with van der Waals surface area (Å²) in [6, 6.07) is 17.9. The Labute approximate surface area is 189 Å². The van der Waals surface area contributed by atoms with Crippen molar-refractivity contribution >= 4 is 30.0 Å². The second-order valence-corrected chi connectivity index (χ2v) is 8.17. The zero-order chi connectivity index (χ0) is 22.5. The molecule has 0 radical (unpaired) electrons. The third-order valence-electron chi connectivity index (χ3n) is 5.16. The third kappa shape index (κ3) is 4.13. The summed E-state index contributed by atoms with van der Waals surface area (Å²) in [7, 11) is 0. The molecule has 0 aliphatic carbocycles. The smallest absolute Gasteiger partial charge is 0.357 e. The zero-order valence-corrected chi connectivity index (χ0v) is 17.7. The lowest BCUT2D eigenvalue weighted by Crippen LogP contribution is -2.69. The minimum Gasteiger partial charge on any atom is -0.448 e. The molecule has 0 spiro atoms. The van der Waals surface area contributed by atoms with E-state index in [0.29, 0.717) is 17.7 Å². The van der Waals surface area contributed by atoms with Gasteiger partial charge >= 0.3 is 5.97 Å². The number of hydrogen-bond donors (Lipinski definition) is 2. The van der Waals surface area contributed by atoms with Crippen molar-refractivity contribution in [1.82, 2.24) is 10.2 Å². The van der Waals surface area contributed by atoms with Gasteiger partial charge in [-0.2, -0.15) is 0 Å². The van der Waals surface area contributed by atoms with Gasteiger partial charge in [-0.1, -0.05) is 72.5 Å². The molecule has 4 rings (SSSR count). The Kier molecular flexibility index (Phi) is 6.59. The van der Waals surface area contributed by atoms with E-state index in [0.717, 1.165) is 11.1 Å². The van der Waals surface area contributed by atoms with Gasteiger partial charge in [0.25, 0.3) is 5.91 Å². The number of rotatable bonds is 6. The maximum atomic E-state index is 13.4. The van der Waals surface area contributed by atoms with Crippen molar-refractivity contribution in [1.29, 1.82) is 0 Å². The molecule has 1 saturated heterocycles. The van der Waals surface area contributed by atoms with Crippen molar-refractivity contribution in [3.63, 3.8) is 0 Å². The Morgan fingerprint density at radius 2 is 1.81 bits per heavy atom. The number of fused-ring (bicyclic) bond motifs is 1. The van der Waals surface area contributed by atoms with Crippen LogP contribution in [0.3, 0.4) is 0 Å². The summed E-state index contributed by atoms with van der Waals surface area (Å²) in [6.45, 7) is -0.375. The van der Waals surface area contributed by atoms with Crippen molar-refractivity contribution in [3.05, 3.63) is 83.1 Å². The first kappa shape index (κ1) is 21.7. The number of nitrogens with one attached hydrogen (secondary N) is 1. The second-order valence-electron chi connectivity index (χ2n) is 7.07. The first-order valence-electron chi connectivity index (χ1n) is 9.93. The number of amides is 2. The summed E-state index contributed by atoms with van der Waals surface area (Å²) >= 11 is 1.39. The molecule has 0 saturated carbocycles. The molecule has 2 heterocycles. The lowest BCUT2D eigenvalue weighted by molar-refractivity contribution is -0.154. The quantitative estimate of drug-likeness (QED) is 0.302. The van der Waals surface area contributed by atoms with Crippen molar-refractivity contribution in [2.45, 2.75) is 17.5 Å². The fourth-order valence-corrected chi connectivity index (χ4v) is 4.98. The standard InChI is InChI=1S/C24H20N2O5S/c27-13-7-12-18-14-32-23-19(25-15-28)22(29)26(23)20(18)24(30)31-21(16-8-3-1-4-9-16)17-10-5-2-6-11-17/h1-6,8-11,15,19,21,23,27H,13-14H2,(H,25,28)/t19-,23-/m1/s1. The SMILES string of the molecule is O=CN[C@@H]1C(=O)N2C(C(=O)OC(c3ccccc3)c3ccccc3)=C(C#CCO)CS[C@H]12. The number of benzene rings is 2. The van der Waals surface area contributed by atoms with Crippen LogP contribution in [0.4, 0.5) is 0 Å². The van der Waals surface area contributed by atoms with E-state index in [4.69, 9.17) is 9.84 Å². The monoisotopic (exact) mass is 448 g/mol. The average molecular weight is 449 g/mol. The first-order chi connectivity index (χ1) is 15.7. The fourth-order valence-electron chi connectivity index (χ4n) is 3.69. The summed E-state index contributed by atoms with van der Waals surface area (Å²) in [5, 5.41) is 11.2. The summed E-state index contributed by atoms with van der Waals surface area (Å²) in [6.07, 6.45) is -0.206. The predicted octanol–water partition coefficient (Wildman–Crippen LogP) is 1.60. The Balaban J connectivity index is 1.70. The number of aliphatic hydroxyl groups is 1. The number of esters is 1. The van der Waals surface area contributed by atoms with Gasteiger partial charge in [0.05, 0.1) is 0 Å². The number of carbonyl (C=O) groups excluding carboxylic acids is 3. The van der Waals surface area contributed by atoms with Crippen LogP contribution in [0.5, 0.6) is 0 Å². The lowest BCUT2D eigenvalue weighted by Gasteiger charge is -2.48. The van der Waals surface area contributed by atoms with Crippen LogP contribution in [0.1, 0.15) is 17.2 Å². The van der Waals surface area contributed by atoms with Gasteiger partial charge in [-0.05, 0) is 11.1 Å². The molecule has 7 nitrogen and oxygen atoms in total. The molecule has 1 fully saturated rings. The zero-order valence-electron chi connectivity index (χ0n) is 16.9. The van der Waals surface area contributed by atoms with Gasteiger partial charge in [0, 0.05) is 11.3 Å². The maximum absolute atomic E-state index is 13.4. The number of aliphatic hydroxyl groups excluding tert-OH is 1. The largest absolute Gasteiger partial charge is 0.448 e. The van der Waals surface area contributed by atoms with Gasteiger partial charge < -0.3 is 15.2 Å². The van der Waals surface area contributed by atoms with E-state index >= 15 is 0 Å². The summed E-state index contributed by atoms with van der Waals surface area (Å²) < 4.78 is 5.95. The number of β-lactam (4-membered cyclic amide) rings is 1. The van der Waals surface area contributed by atoms with E-state index in [1.165, 1.54) is 16.7 Å². The lowest BCUT2D eigenvalue weighted by atomic mass is 10.0. The maximum Gasteiger partial charge on any atom is 0.357 e. The van der Waals surface area contributed by atoms with E-state index in [9.17, 15) is 14.4 Å². The fraction of sp³-hybridized carbons (Fsp3) is 0.208. The van der Waals surface area contributed by atoms with Gasteiger partial charge in [0.15, 0.2) is 6.10 Å². The Hall–Kier alpha value is -3.54. The molecule has 2 aromatic carbocycles. The number of nitrogens with zero attached hydrogens (tertiary/aromatic N) is 1. The Morgan fingerprint density at radius 1 is 1.19 bits per heavy atom. The Bertz CT molecular complexity index is 1070.